The molecule has 0 unspecified atom stereocenters. The van der Waals surface area contributed by atoms with Crippen LogP contribution in [0.25, 0.3) is 6.08 Å². The lowest BCUT2D eigenvalue weighted by Crippen LogP contribution is -2.13. The molecule has 0 aliphatic heterocycles. The normalized spacial score (nSPS) is 10.7. The number of hydrogen-bond acceptors (Lipinski definition) is 5. The summed E-state index contributed by atoms with van der Waals surface area (Å²) in [5.41, 5.74) is 0.895. The number of methoxy groups -OCH3 is 3. The first kappa shape index (κ1) is 19.2. The molecule has 0 fully saturated rings. The molecule has 0 saturated heterocycles. The first-order chi connectivity index (χ1) is 12.5. The van der Waals surface area contributed by atoms with E-state index in [4.69, 9.17) is 25.8 Å². The van der Waals surface area contributed by atoms with E-state index in [0.717, 1.165) is 0 Å². The molecule has 0 aliphatic rings. The lowest BCUT2D eigenvalue weighted by atomic mass is 10.1. The predicted octanol–water partition coefficient (Wildman–Crippen LogP) is 3.91. The minimum absolute atomic E-state index is 0.0969. The predicted molar refractivity (Wildman–Crippen MR) is 99.8 cm³/mol. The number of halogens is 1. The van der Waals surface area contributed by atoms with Crippen molar-refractivity contribution in [3.8, 4) is 23.3 Å². The molecular formula is C19H17ClN2O4. The van der Waals surface area contributed by atoms with Gasteiger partial charge in [-0.05, 0) is 36.4 Å². The number of carbonyl (C=O) groups excluding carboxylic acids is 1. The van der Waals surface area contributed by atoms with E-state index >= 15 is 0 Å². The van der Waals surface area contributed by atoms with E-state index in [-0.39, 0.29) is 5.57 Å². The topological polar surface area (TPSA) is 80.6 Å². The van der Waals surface area contributed by atoms with Gasteiger partial charge in [0.05, 0.1) is 21.3 Å². The summed E-state index contributed by atoms with van der Waals surface area (Å²) in [7, 11) is 4.51. The van der Waals surface area contributed by atoms with E-state index in [0.29, 0.717) is 33.5 Å². The van der Waals surface area contributed by atoms with E-state index < -0.39 is 5.91 Å². The summed E-state index contributed by atoms with van der Waals surface area (Å²) in [5.74, 6) is 0.928. The number of nitrogens with one attached hydrogen (secondary N) is 1. The Kier molecular flexibility index (Phi) is 6.48. The molecule has 2 rings (SSSR count). The van der Waals surface area contributed by atoms with Gasteiger partial charge in [-0.15, -0.1) is 0 Å². The molecule has 0 spiro atoms. The van der Waals surface area contributed by atoms with E-state index in [1.54, 1.807) is 36.4 Å². The summed E-state index contributed by atoms with van der Waals surface area (Å²) >= 11 is 5.98. The summed E-state index contributed by atoms with van der Waals surface area (Å²) in [6.45, 7) is 0. The summed E-state index contributed by atoms with van der Waals surface area (Å²) in [6.07, 6.45) is 1.42. The molecule has 1 N–H and O–H groups in total. The molecule has 134 valence electrons. The number of rotatable bonds is 6. The molecule has 0 saturated carbocycles. The molecule has 0 aromatic heterocycles. The summed E-state index contributed by atoms with van der Waals surface area (Å²) in [6, 6.07) is 11.7. The highest BCUT2D eigenvalue weighted by Gasteiger charge is 2.13. The van der Waals surface area contributed by atoms with Crippen molar-refractivity contribution in [2.75, 3.05) is 26.6 Å². The van der Waals surface area contributed by atoms with Crippen LogP contribution < -0.4 is 19.5 Å². The molecule has 6 nitrogen and oxygen atoms in total. The Morgan fingerprint density at radius 3 is 2.31 bits per heavy atom. The van der Waals surface area contributed by atoms with Gasteiger partial charge < -0.3 is 19.5 Å². The number of ether oxygens (including phenoxy) is 3. The number of hydrogen-bond donors (Lipinski definition) is 1. The van der Waals surface area contributed by atoms with E-state index in [1.165, 1.54) is 27.4 Å². The van der Waals surface area contributed by atoms with E-state index in [9.17, 15) is 10.1 Å². The van der Waals surface area contributed by atoms with Crippen molar-refractivity contribution in [1.82, 2.24) is 0 Å². The molecule has 26 heavy (non-hydrogen) atoms. The van der Waals surface area contributed by atoms with Crippen molar-refractivity contribution >= 4 is 29.3 Å². The van der Waals surface area contributed by atoms with E-state index in [2.05, 4.69) is 5.32 Å². The Labute approximate surface area is 156 Å². The van der Waals surface area contributed by atoms with Crippen LogP contribution in [0.15, 0.2) is 42.0 Å². The zero-order chi connectivity index (χ0) is 19.1. The van der Waals surface area contributed by atoms with Gasteiger partial charge in [-0.1, -0.05) is 11.6 Å². The molecule has 2 aromatic rings. The highest BCUT2D eigenvalue weighted by Crippen LogP contribution is 2.30. The lowest BCUT2D eigenvalue weighted by molar-refractivity contribution is -0.112. The largest absolute Gasteiger partial charge is 0.496 e. The highest BCUT2D eigenvalue weighted by molar-refractivity contribution is 6.30. The molecule has 0 radical (unpaired) electrons. The minimum Gasteiger partial charge on any atom is -0.496 e. The van der Waals surface area contributed by atoms with Gasteiger partial charge in [0.2, 0.25) is 0 Å². The van der Waals surface area contributed by atoms with Gasteiger partial charge in [0.1, 0.15) is 17.4 Å². The van der Waals surface area contributed by atoms with Crippen LogP contribution in [-0.4, -0.2) is 27.2 Å². The number of benzene rings is 2. The second kappa shape index (κ2) is 8.79. The van der Waals surface area contributed by atoms with Crippen molar-refractivity contribution in [1.29, 1.82) is 5.26 Å². The fourth-order valence-electron chi connectivity index (χ4n) is 2.23. The van der Waals surface area contributed by atoms with Crippen molar-refractivity contribution in [3.63, 3.8) is 0 Å². The Hall–Kier alpha value is -3.17. The number of carbonyl (C=O) groups is 1. The summed E-state index contributed by atoms with van der Waals surface area (Å²) in [5, 5.41) is 12.5. The lowest BCUT2D eigenvalue weighted by Gasteiger charge is -2.10. The van der Waals surface area contributed by atoms with Gasteiger partial charge in [0.25, 0.3) is 5.91 Å². The number of nitriles is 1. The average molecular weight is 373 g/mol. The van der Waals surface area contributed by atoms with Crippen LogP contribution in [0.3, 0.4) is 0 Å². The fraction of sp³-hybridized carbons (Fsp3) is 0.158. The molecule has 1 amide bonds. The monoisotopic (exact) mass is 372 g/mol. The third-order valence-electron chi connectivity index (χ3n) is 3.50. The fourth-order valence-corrected chi connectivity index (χ4v) is 2.42. The van der Waals surface area contributed by atoms with Gasteiger partial charge in [-0.3, -0.25) is 4.79 Å². The molecule has 2 aromatic carbocycles. The maximum Gasteiger partial charge on any atom is 0.266 e. The van der Waals surface area contributed by atoms with Gasteiger partial charge >= 0.3 is 0 Å². The molecule has 0 atom stereocenters. The van der Waals surface area contributed by atoms with Crippen LogP contribution in [0.2, 0.25) is 5.02 Å². The third kappa shape index (κ3) is 4.47. The van der Waals surface area contributed by atoms with Crippen LogP contribution in [0, 0.1) is 11.3 Å². The second-order valence-corrected chi connectivity index (χ2v) is 5.52. The van der Waals surface area contributed by atoms with Crippen LogP contribution in [0.1, 0.15) is 5.56 Å². The van der Waals surface area contributed by atoms with Crippen molar-refractivity contribution in [3.05, 3.63) is 52.6 Å². The Balaban J connectivity index is 2.30. The first-order valence-electron chi connectivity index (χ1n) is 7.51. The molecule has 7 heteroatoms. The minimum atomic E-state index is -0.568. The van der Waals surface area contributed by atoms with Crippen molar-refractivity contribution < 1.29 is 19.0 Å². The van der Waals surface area contributed by atoms with E-state index in [1.807, 2.05) is 6.07 Å². The maximum atomic E-state index is 12.4. The Morgan fingerprint density at radius 2 is 1.69 bits per heavy atom. The van der Waals surface area contributed by atoms with Gasteiger partial charge in [0.15, 0.2) is 11.5 Å². The van der Waals surface area contributed by atoms with Crippen molar-refractivity contribution in [2.24, 2.45) is 0 Å². The quantitative estimate of drug-likeness (QED) is 0.614. The van der Waals surface area contributed by atoms with Crippen LogP contribution in [0.5, 0.6) is 17.2 Å². The molecule has 0 heterocycles. The number of nitrogens with zero attached hydrogens (tertiary/aromatic N) is 1. The summed E-state index contributed by atoms with van der Waals surface area (Å²) in [4.78, 5) is 12.4. The molecular weight excluding hydrogens is 356 g/mol. The Bertz CT molecular complexity index is 888. The maximum absolute atomic E-state index is 12.4. The highest BCUT2D eigenvalue weighted by atomic mass is 35.5. The summed E-state index contributed by atoms with van der Waals surface area (Å²) < 4.78 is 15.6. The average Bonchev–Trinajstić information content (AvgIpc) is 2.65. The standard InChI is InChI=1S/C19H17ClN2O4/c1-24-16-6-4-14(20)9-12(16)8-13(11-21)19(23)22-15-5-7-17(25-2)18(10-15)26-3/h4-10H,1-3H3,(H,22,23)/b13-8+. The third-order valence-corrected chi connectivity index (χ3v) is 3.73. The number of anilines is 1. The smallest absolute Gasteiger partial charge is 0.266 e. The molecule has 0 bridgehead atoms. The Morgan fingerprint density at radius 1 is 1.04 bits per heavy atom. The number of amides is 1. The zero-order valence-corrected chi connectivity index (χ0v) is 15.3. The van der Waals surface area contributed by atoms with Crippen LogP contribution in [-0.2, 0) is 4.79 Å². The van der Waals surface area contributed by atoms with Crippen molar-refractivity contribution in [2.45, 2.75) is 0 Å². The first-order valence-corrected chi connectivity index (χ1v) is 7.89. The molecule has 0 aliphatic carbocycles. The SMILES string of the molecule is COc1ccc(Cl)cc1/C=C(\C#N)C(=O)Nc1ccc(OC)c(OC)c1. The zero-order valence-electron chi connectivity index (χ0n) is 14.5. The second-order valence-electron chi connectivity index (χ2n) is 5.08. The van der Waals surface area contributed by atoms with Crippen LogP contribution >= 0.6 is 11.6 Å². The van der Waals surface area contributed by atoms with Gasteiger partial charge in [-0.2, -0.15) is 5.26 Å². The van der Waals surface area contributed by atoms with Gasteiger partial charge in [-0.25, -0.2) is 0 Å². The van der Waals surface area contributed by atoms with Crippen LogP contribution in [0.4, 0.5) is 5.69 Å². The van der Waals surface area contributed by atoms with Gasteiger partial charge in [0, 0.05) is 22.3 Å².